The van der Waals surface area contributed by atoms with Gasteiger partial charge in [-0.15, -0.1) is 11.8 Å². The fourth-order valence-corrected chi connectivity index (χ4v) is 4.08. The van der Waals surface area contributed by atoms with Crippen molar-refractivity contribution in [2.45, 2.75) is 36.1 Å². The lowest BCUT2D eigenvalue weighted by molar-refractivity contribution is 0.0430. The number of halogens is 2. The Kier molecular flexibility index (Phi) is 6.30. The number of benzene rings is 2. The summed E-state index contributed by atoms with van der Waals surface area (Å²) in [6.07, 6.45) is 6.03. The Bertz CT molecular complexity index is 849. The van der Waals surface area contributed by atoms with Crippen LogP contribution in [0, 0.1) is 0 Å². The minimum atomic E-state index is -0.882. The van der Waals surface area contributed by atoms with Gasteiger partial charge < -0.3 is 9.67 Å². The first-order valence-electron chi connectivity index (χ1n) is 8.29. The van der Waals surface area contributed by atoms with Gasteiger partial charge in [-0.05, 0) is 48.7 Å². The normalized spacial score (nSPS) is 13.5. The number of aromatic nitrogens is 2. The summed E-state index contributed by atoms with van der Waals surface area (Å²) >= 11 is 13.9. The van der Waals surface area contributed by atoms with E-state index >= 15 is 0 Å². The SMILES string of the molecule is CC(O)(CCn1ccnc1)c1ccc(SCc2ccc(Cl)cc2Cl)cc1. The predicted octanol–water partition coefficient (Wildman–Crippen LogP) is 5.78. The third-order valence-electron chi connectivity index (χ3n) is 4.30. The van der Waals surface area contributed by atoms with Crippen molar-refractivity contribution >= 4 is 35.0 Å². The van der Waals surface area contributed by atoms with Crippen LogP contribution in [0.15, 0.2) is 66.1 Å². The summed E-state index contributed by atoms with van der Waals surface area (Å²) in [6.45, 7) is 2.57. The quantitative estimate of drug-likeness (QED) is 0.505. The maximum absolute atomic E-state index is 10.8. The smallest absolute Gasteiger partial charge is 0.0945 e. The van der Waals surface area contributed by atoms with E-state index in [0.29, 0.717) is 16.5 Å². The van der Waals surface area contributed by atoms with Gasteiger partial charge in [0.1, 0.15) is 0 Å². The standard InChI is InChI=1S/C20H20Cl2N2OS/c1-20(25,8-10-24-11-9-23-14-24)16-3-6-18(7-4-16)26-13-15-2-5-17(21)12-19(15)22/h2-7,9,11-12,14,25H,8,10,13H2,1H3. The van der Waals surface area contributed by atoms with Crippen LogP contribution in [-0.4, -0.2) is 14.7 Å². The molecule has 6 heteroatoms. The second kappa shape index (κ2) is 8.49. The van der Waals surface area contributed by atoms with Crippen LogP contribution in [0.1, 0.15) is 24.5 Å². The van der Waals surface area contributed by atoms with Crippen molar-refractivity contribution < 1.29 is 5.11 Å². The van der Waals surface area contributed by atoms with Gasteiger partial charge in [0.15, 0.2) is 0 Å². The Morgan fingerprint density at radius 3 is 2.58 bits per heavy atom. The van der Waals surface area contributed by atoms with Crippen molar-refractivity contribution in [3.8, 4) is 0 Å². The molecule has 0 aliphatic rings. The highest BCUT2D eigenvalue weighted by Gasteiger charge is 2.22. The molecular weight excluding hydrogens is 387 g/mol. The van der Waals surface area contributed by atoms with Crippen LogP contribution in [0.25, 0.3) is 0 Å². The van der Waals surface area contributed by atoms with Crippen LogP contribution in [0.5, 0.6) is 0 Å². The molecule has 1 atom stereocenters. The summed E-state index contributed by atoms with van der Waals surface area (Å²) in [5.74, 6) is 0.770. The van der Waals surface area contributed by atoms with E-state index in [1.807, 2.05) is 54.1 Å². The molecule has 136 valence electrons. The topological polar surface area (TPSA) is 38.0 Å². The Hall–Kier alpha value is -1.46. The first kappa shape index (κ1) is 19.3. The molecule has 3 aromatic rings. The van der Waals surface area contributed by atoms with Gasteiger partial charge in [-0.3, -0.25) is 0 Å². The highest BCUT2D eigenvalue weighted by molar-refractivity contribution is 7.98. The third kappa shape index (κ3) is 5.04. The van der Waals surface area contributed by atoms with Crippen LogP contribution in [0.2, 0.25) is 10.0 Å². The molecule has 1 aromatic heterocycles. The number of rotatable bonds is 7. The molecule has 0 fully saturated rings. The van der Waals surface area contributed by atoms with Crippen LogP contribution >= 0.6 is 35.0 Å². The van der Waals surface area contributed by atoms with Gasteiger partial charge in [-0.2, -0.15) is 0 Å². The van der Waals surface area contributed by atoms with Crippen LogP contribution < -0.4 is 0 Å². The molecule has 1 unspecified atom stereocenters. The van der Waals surface area contributed by atoms with E-state index in [4.69, 9.17) is 23.2 Å². The van der Waals surface area contributed by atoms with Gasteiger partial charge >= 0.3 is 0 Å². The highest BCUT2D eigenvalue weighted by atomic mass is 35.5. The predicted molar refractivity (Wildman–Crippen MR) is 109 cm³/mol. The number of thioether (sulfide) groups is 1. The molecule has 3 rings (SSSR count). The van der Waals surface area contributed by atoms with E-state index in [2.05, 4.69) is 4.98 Å². The summed E-state index contributed by atoms with van der Waals surface area (Å²) in [5, 5.41) is 12.1. The van der Waals surface area contributed by atoms with E-state index in [1.165, 1.54) is 0 Å². The lowest BCUT2D eigenvalue weighted by Crippen LogP contribution is -2.23. The molecule has 0 radical (unpaired) electrons. The van der Waals surface area contributed by atoms with E-state index < -0.39 is 5.60 Å². The average molecular weight is 407 g/mol. The summed E-state index contributed by atoms with van der Waals surface area (Å²) in [5.41, 5.74) is 1.08. The van der Waals surface area contributed by atoms with Gasteiger partial charge in [-0.1, -0.05) is 41.4 Å². The lowest BCUT2D eigenvalue weighted by Gasteiger charge is -2.24. The molecule has 3 nitrogen and oxygen atoms in total. The molecule has 0 aliphatic heterocycles. The van der Waals surface area contributed by atoms with Crippen LogP contribution in [0.3, 0.4) is 0 Å². The minimum absolute atomic E-state index is 0.621. The largest absolute Gasteiger partial charge is 0.385 e. The molecule has 0 saturated heterocycles. The minimum Gasteiger partial charge on any atom is -0.385 e. The zero-order chi connectivity index (χ0) is 18.6. The fraction of sp³-hybridized carbons (Fsp3) is 0.250. The van der Waals surface area contributed by atoms with Crippen molar-refractivity contribution in [3.63, 3.8) is 0 Å². The van der Waals surface area contributed by atoms with Crippen molar-refractivity contribution in [1.82, 2.24) is 9.55 Å². The summed E-state index contributed by atoms with van der Waals surface area (Å²) in [4.78, 5) is 5.16. The summed E-state index contributed by atoms with van der Waals surface area (Å²) in [6, 6.07) is 13.6. The molecule has 1 heterocycles. The Balaban J connectivity index is 1.60. The second-order valence-electron chi connectivity index (χ2n) is 6.37. The Morgan fingerprint density at radius 1 is 1.15 bits per heavy atom. The molecule has 0 aliphatic carbocycles. The van der Waals surface area contributed by atoms with Crippen LogP contribution in [-0.2, 0) is 17.9 Å². The first-order valence-corrected chi connectivity index (χ1v) is 10.0. The lowest BCUT2D eigenvalue weighted by atomic mass is 9.92. The van der Waals surface area contributed by atoms with E-state index in [-0.39, 0.29) is 0 Å². The first-order chi connectivity index (χ1) is 12.4. The maximum atomic E-state index is 10.8. The molecule has 0 spiro atoms. The van der Waals surface area contributed by atoms with Gasteiger partial charge in [0.25, 0.3) is 0 Å². The molecule has 0 amide bonds. The van der Waals surface area contributed by atoms with Crippen molar-refractivity contribution in [2.75, 3.05) is 0 Å². The zero-order valence-electron chi connectivity index (χ0n) is 14.4. The molecule has 26 heavy (non-hydrogen) atoms. The highest BCUT2D eigenvalue weighted by Crippen LogP contribution is 2.31. The van der Waals surface area contributed by atoms with E-state index in [9.17, 15) is 5.11 Å². The molecular formula is C20H20Cl2N2OS. The maximum Gasteiger partial charge on any atom is 0.0945 e. The second-order valence-corrected chi connectivity index (χ2v) is 8.27. The average Bonchev–Trinajstić information content (AvgIpc) is 3.13. The van der Waals surface area contributed by atoms with Gasteiger partial charge in [-0.25, -0.2) is 4.98 Å². The fourth-order valence-electron chi connectivity index (χ4n) is 2.62. The molecule has 0 bridgehead atoms. The van der Waals surface area contributed by atoms with Crippen molar-refractivity contribution in [3.05, 3.63) is 82.4 Å². The number of hydrogen-bond acceptors (Lipinski definition) is 3. The molecule has 1 N–H and O–H groups in total. The van der Waals surface area contributed by atoms with E-state index in [1.54, 1.807) is 30.4 Å². The van der Waals surface area contributed by atoms with E-state index in [0.717, 1.165) is 28.3 Å². The van der Waals surface area contributed by atoms with Gasteiger partial charge in [0.2, 0.25) is 0 Å². The van der Waals surface area contributed by atoms with Crippen molar-refractivity contribution in [2.24, 2.45) is 0 Å². The number of imidazole rings is 1. The van der Waals surface area contributed by atoms with Crippen molar-refractivity contribution in [1.29, 1.82) is 0 Å². The van der Waals surface area contributed by atoms with Gasteiger partial charge in [0, 0.05) is 39.6 Å². The Labute approximate surface area is 168 Å². The summed E-state index contributed by atoms with van der Waals surface area (Å²) < 4.78 is 1.97. The number of hydrogen-bond donors (Lipinski definition) is 1. The number of aliphatic hydroxyl groups is 1. The molecule has 0 saturated carbocycles. The van der Waals surface area contributed by atoms with Crippen LogP contribution in [0.4, 0.5) is 0 Å². The van der Waals surface area contributed by atoms with Gasteiger partial charge in [0.05, 0.1) is 11.9 Å². The Morgan fingerprint density at radius 2 is 1.92 bits per heavy atom. The number of aryl methyl sites for hydroxylation is 1. The number of nitrogens with zero attached hydrogens (tertiary/aromatic N) is 2. The monoisotopic (exact) mass is 406 g/mol. The zero-order valence-corrected chi connectivity index (χ0v) is 16.7. The molecule has 2 aromatic carbocycles. The summed E-state index contributed by atoms with van der Waals surface area (Å²) in [7, 11) is 0. The third-order valence-corrected chi connectivity index (χ3v) is 5.95.